The molecule has 0 aliphatic rings. The van der Waals surface area contributed by atoms with Gasteiger partial charge in [-0.05, 0) is 26.0 Å². The van der Waals surface area contributed by atoms with E-state index in [1.165, 1.54) is 0 Å². The Balaban J connectivity index is 2.37. The van der Waals surface area contributed by atoms with Crippen molar-refractivity contribution in [2.45, 2.75) is 39.3 Å². The second kappa shape index (κ2) is 5.97. The van der Waals surface area contributed by atoms with Crippen LogP contribution in [0.2, 0.25) is 0 Å². The van der Waals surface area contributed by atoms with Crippen LogP contribution in [0.4, 0.5) is 0 Å². The Hall–Kier alpha value is -1.69. The van der Waals surface area contributed by atoms with Crippen molar-refractivity contribution in [1.29, 1.82) is 0 Å². The first-order valence-electron chi connectivity index (χ1n) is 6.79. The normalized spacial score (nSPS) is 12.8. The lowest BCUT2D eigenvalue weighted by molar-refractivity contribution is 0.507. The molecular weight excluding hydrogens is 240 g/mol. The molecule has 0 saturated heterocycles. The fourth-order valence-corrected chi connectivity index (χ4v) is 2.31. The summed E-state index contributed by atoms with van der Waals surface area (Å²) in [7, 11) is 3.93. The van der Waals surface area contributed by atoms with E-state index in [-0.39, 0.29) is 6.04 Å². The van der Waals surface area contributed by atoms with E-state index >= 15 is 0 Å². The van der Waals surface area contributed by atoms with Gasteiger partial charge in [0.05, 0.1) is 29.3 Å². The lowest BCUT2D eigenvalue weighted by atomic mass is 10.1. The molecule has 0 spiro atoms. The molecule has 0 aliphatic carbocycles. The zero-order chi connectivity index (χ0) is 13.8. The highest BCUT2D eigenvalue weighted by molar-refractivity contribution is 5.22. The fraction of sp³-hybridized carbons (Fsp3) is 0.615. The molecule has 19 heavy (non-hydrogen) atoms. The highest BCUT2D eigenvalue weighted by atomic mass is 15.4. The van der Waals surface area contributed by atoms with Crippen molar-refractivity contribution in [2.75, 3.05) is 7.05 Å². The summed E-state index contributed by atoms with van der Waals surface area (Å²) in [6, 6.07) is 2.21. The summed E-state index contributed by atoms with van der Waals surface area (Å²) in [5.74, 6) is 0. The van der Waals surface area contributed by atoms with Gasteiger partial charge in [0.15, 0.2) is 0 Å². The first-order valence-corrected chi connectivity index (χ1v) is 6.79. The van der Waals surface area contributed by atoms with Crippen LogP contribution in [0.3, 0.4) is 0 Å². The average Bonchev–Trinajstić information content (AvgIpc) is 3.00. The molecule has 0 fully saturated rings. The molecule has 104 valence electrons. The van der Waals surface area contributed by atoms with Crippen LogP contribution >= 0.6 is 0 Å². The summed E-state index contributed by atoms with van der Waals surface area (Å²) in [5.41, 5.74) is 3.32. The van der Waals surface area contributed by atoms with Gasteiger partial charge >= 0.3 is 0 Å². The molecule has 2 aromatic heterocycles. The van der Waals surface area contributed by atoms with E-state index in [1.807, 2.05) is 29.7 Å². The van der Waals surface area contributed by atoms with Crippen molar-refractivity contribution in [3.05, 3.63) is 29.3 Å². The second-order valence-electron chi connectivity index (χ2n) is 4.64. The van der Waals surface area contributed by atoms with Gasteiger partial charge in [-0.25, -0.2) is 4.68 Å². The molecule has 2 rings (SSSR count). The zero-order valence-corrected chi connectivity index (χ0v) is 12.1. The van der Waals surface area contributed by atoms with Gasteiger partial charge in [-0.2, -0.15) is 5.10 Å². The van der Waals surface area contributed by atoms with Crippen LogP contribution in [0, 0.1) is 0 Å². The molecule has 1 N–H and O–H groups in total. The lowest BCUT2D eigenvalue weighted by Crippen LogP contribution is -2.23. The number of nitrogens with zero attached hydrogens (tertiary/aromatic N) is 5. The van der Waals surface area contributed by atoms with Crippen molar-refractivity contribution in [1.82, 2.24) is 30.1 Å². The quantitative estimate of drug-likeness (QED) is 0.852. The third kappa shape index (κ3) is 2.68. The third-order valence-corrected chi connectivity index (χ3v) is 3.29. The highest BCUT2D eigenvalue weighted by Crippen LogP contribution is 2.21. The molecule has 0 radical (unpaired) electrons. The molecule has 0 aliphatic heterocycles. The first kappa shape index (κ1) is 13.7. The van der Waals surface area contributed by atoms with E-state index in [0.717, 1.165) is 36.5 Å². The Labute approximate surface area is 113 Å². The smallest absolute Gasteiger partial charge is 0.0932 e. The molecule has 1 atom stereocenters. The average molecular weight is 262 g/mol. The summed E-state index contributed by atoms with van der Waals surface area (Å²) < 4.78 is 3.89. The fourth-order valence-electron chi connectivity index (χ4n) is 2.31. The minimum absolute atomic E-state index is 0.0688. The Morgan fingerprint density at radius 1 is 1.32 bits per heavy atom. The molecule has 0 saturated carbocycles. The van der Waals surface area contributed by atoms with Gasteiger partial charge in [0.1, 0.15) is 0 Å². The standard InChI is InChI=1S/C13H22N6/c1-5-7-19-12(9-15-17-19)13(14-3)11-8-10(6-2)16-18(11)4/h8-9,13-14H,5-7H2,1-4H3. The first-order chi connectivity index (χ1) is 9.21. The summed E-state index contributed by atoms with van der Waals surface area (Å²) in [6.45, 7) is 5.13. The van der Waals surface area contributed by atoms with Crippen LogP contribution in [0.5, 0.6) is 0 Å². The molecule has 6 heteroatoms. The van der Waals surface area contributed by atoms with Gasteiger partial charge < -0.3 is 5.32 Å². The molecule has 2 heterocycles. The topological polar surface area (TPSA) is 60.6 Å². The number of hydrogen-bond donors (Lipinski definition) is 1. The molecule has 0 bridgehead atoms. The monoisotopic (exact) mass is 262 g/mol. The molecule has 0 amide bonds. The molecule has 0 aromatic carbocycles. The lowest BCUT2D eigenvalue weighted by Gasteiger charge is -2.17. The summed E-state index contributed by atoms with van der Waals surface area (Å²) in [6.07, 6.45) is 3.81. The van der Waals surface area contributed by atoms with Crippen LogP contribution in [0.25, 0.3) is 0 Å². The van der Waals surface area contributed by atoms with Gasteiger partial charge in [-0.3, -0.25) is 4.68 Å². The van der Waals surface area contributed by atoms with E-state index in [9.17, 15) is 0 Å². The third-order valence-electron chi connectivity index (χ3n) is 3.29. The number of rotatable bonds is 6. The predicted octanol–water partition coefficient (Wildman–Crippen LogP) is 1.29. The predicted molar refractivity (Wildman–Crippen MR) is 73.8 cm³/mol. The maximum Gasteiger partial charge on any atom is 0.0932 e. The Bertz CT molecular complexity index is 527. The van der Waals surface area contributed by atoms with Crippen LogP contribution in [-0.4, -0.2) is 31.8 Å². The van der Waals surface area contributed by atoms with Crippen molar-refractivity contribution in [3.8, 4) is 0 Å². The van der Waals surface area contributed by atoms with Crippen molar-refractivity contribution < 1.29 is 0 Å². The van der Waals surface area contributed by atoms with Crippen molar-refractivity contribution in [3.63, 3.8) is 0 Å². The van der Waals surface area contributed by atoms with Crippen molar-refractivity contribution in [2.24, 2.45) is 7.05 Å². The van der Waals surface area contributed by atoms with Crippen LogP contribution in [-0.2, 0) is 20.0 Å². The summed E-state index contributed by atoms with van der Waals surface area (Å²) in [4.78, 5) is 0. The van der Waals surface area contributed by atoms with E-state index in [1.54, 1.807) is 0 Å². The molecule has 1 unspecified atom stereocenters. The van der Waals surface area contributed by atoms with E-state index < -0.39 is 0 Å². The van der Waals surface area contributed by atoms with Gasteiger partial charge in [0.2, 0.25) is 0 Å². The van der Waals surface area contributed by atoms with Crippen LogP contribution in [0.1, 0.15) is 43.4 Å². The maximum absolute atomic E-state index is 4.51. The van der Waals surface area contributed by atoms with Crippen LogP contribution in [0.15, 0.2) is 12.3 Å². The summed E-state index contributed by atoms with van der Waals surface area (Å²) >= 11 is 0. The molecule has 6 nitrogen and oxygen atoms in total. The van der Waals surface area contributed by atoms with E-state index in [0.29, 0.717) is 0 Å². The summed E-state index contributed by atoms with van der Waals surface area (Å²) in [5, 5.41) is 16.0. The zero-order valence-electron chi connectivity index (χ0n) is 12.1. The molecule has 2 aromatic rings. The second-order valence-corrected chi connectivity index (χ2v) is 4.64. The Morgan fingerprint density at radius 2 is 2.11 bits per heavy atom. The Kier molecular flexibility index (Phi) is 4.31. The van der Waals surface area contributed by atoms with Crippen LogP contribution < -0.4 is 5.32 Å². The van der Waals surface area contributed by atoms with Gasteiger partial charge in [-0.15, -0.1) is 5.10 Å². The van der Waals surface area contributed by atoms with Gasteiger partial charge in [0, 0.05) is 13.6 Å². The highest BCUT2D eigenvalue weighted by Gasteiger charge is 2.21. The maximum atomic E-state index is 4.51. The molecular formula is C13H22N6. The van der Waals surface area contributed by atoms with Crippen molar-refractivity contribution >= 4 is 0 Å². The van der Waals surface area contributed by atoms with E-state index in [4.69, 9.17) is 0 Å². The SMILES string of the molecule is CCCn1nncc1C(NC)c1cc(CC)nn1C. The number of nitrogens with one attached hydrogen (secondary N) is 1. The number of aromatic nitrogens is 5. The number of aryl methyl sites for hydroxylation is 3. The minimum atomic E-state index is 0.0688. The number of hydrogen-bond acceptors (Lipinski definition) is 4. The Morgan fingerprint density at radius 3 is 2.68 bits per heavy atom. The van der Waals surface area contributed by atoms with Gasteiger partial charge in [-0.1, -0.05) is 19.1 Å². The van der Waals surface area contributed by atoms with Gasteiger partial charge in [0.25, 0.3) is 0 Å². The van der Waals surface area contributed by atoms with E-state index in [2.05, 4.69) is 40.6 Å². The largest absolute Gasteiger partial charge is 0.307 e. The minimum Gasteiger partial charge on any atom is -0.307 e.